The standard InChI is InChI=1S/C13H13N2O2P/c14-18(15,17)12-9-5-4-8-11(12)13(16)10-6-2-1-3-7-10/h1-9H,(H4,14,15,17). The number of carbonyl (C=O) groups is 1. The molecule has 0 amide bonds. The summed E-state index contributed by atoms with van der Waals surface area (Å²) in [6.45, 7) is 0. The van der Waals surface area contributed by atoms with Crippen LogP contribution in [0.25, 0.3) is 0 Å². The lowest BCUT2D eigenvalue weighted by molar-refractivity contribution is 0.103. The molecule has 2 aromatic carbocycles. The lowest BCUT2D eigenvalue weighted by atomic mass is 10.0. The minimum Gasteiger partial charge on any atom is -0.289 e. The van der Waals surface area contributed by atoms with Crippen molar-refractivity contribution >= 4 is 18.5 Å². The lowest BCUT2D eigenvalue weighted by Gasteiger charge is -2.11. The summed E-state index contributed by atoms with van der Waals surface area (Å²) in [4.78, 5) is 12.3. The van der Waals surface area contributed by atoms with Crippen molar-refractivity contribution in [2.45, 2.75) is 0 Å². The van der Waals surface area contributed by atoms with Gasteiger partial charge in [-0.05, 0) is 6.07 Å². The van der Waals surface area contributed by atoms with Gasteiger partial charge in [0.1, 0.15) is 0 Å². The third-order valence-corrected chi connectivity index (χ3v) is 3.70. The number of nitrogens with two attached hydrogens (primary N) is 2. The Morgan fingerprint density at radius 2 is 1.44 bits per heavy atom. The second-order valence-corrected chi connectivity index (χ2v) is 5.82. The van der Waals surface area contributed by atoms with Crippen molar-refractivity contribution in [1.82, 2.24) is 0 Å². The Balaban J connectivity index is 2.53. The Kier molecular flexibility index (Phi) is 3.43. The molecule has 0 spiro atoms. The summed E-state index contributed by atoms with van der Waals surface area (Å²) >= 11 is 0. The van der Waals surface area contributed by atoms with Crippen molar-refractivity contribution in [3.05, 3.63) is 65.7 Å². The largest absolute Gasteiger partial charge is 0.289 e. The summed E-state index contributed by atoms with van der Waals surface area (Å²) in [5.74, 6) is -0.234. The van der Waals surface area contributed by atoms with Crippen molar-refractivity contribution in [1.29, 1.82) is 0 Å². The van der Waals surface area contributed by atoms with E-state index in [4.69, 9.17) is 11.0 Å². The van der Waals surface area contributed by atoms with Crippen LogP contribution in [0.3, 0.4) is 0 Å². The average Bonchev–Trinajstić information content (AvgIpc) is 2.38. The molecule has 5 heteroatoms. The maximum atomic E-state index is 12.3. The molecule has 0 radical (unpaired) electrons. The topological polar surface area (TPSA) is 86.2 Å². The fraction of sp³-hybridized carbons (Fsp3) is 0. The number of hydrogen-bond donors (Lipinski definition) is 2. The van der Waals surface area contributed by atoms with Gasteiger partial charge in [-0.3, -0.25) is 20.4 Å². The SMILES string of the molecule is NP(N)(=O)c1ccccc1C(=O)c1ccccc1. The van der Waals surface area contributed by atoms with Gasteiger partial charge >= 0.3 is 0 Å². The first-order valence-corrected chi connectivity index (χ1v) is 7.21. The van der Waals surface area contributed by atoms with Crippen LogP contribution >= 0.6 is 7.44 Å². The molecule has 0 saturated heterocycles. The molecule has 18 heavy (non-hydrogen) atoms. The van der Waals surface area contributed by atoms with Crippen LogP contribution in [0.15, 0.2) is 54.6 Å². The molecular weight excluding hydrogens is 247 g/mol. The van der Waals surface area contributed by atoms with E-state index >= 15 is 0 Å². The smallest absolute Gasteiger partial charge is 0.236 e. The van der Waals surface area contributed by atoms with Crippen molar-refractivity contribution < 1.29 is 9.36 Å². The van der Waals surface area contributed by atoms with Gasteiger partial charge in [-0.25, -0.2) is 0 Å². The molecule has 4 nitrogen and oxygen atoms in total. The Labute approximate surface area is 105 Å². The second-order valence-electron chi connectivity index (χ2n) is 3.92. The van der Waals surface area contributed by atoms with E-state index in [2.05, 4.69) is 0 Å². The summed E-state index contributed by atoms with van der Waals surface area (Å²) in [6, 6.07) is 15.2. The summed E-state index contributed by atoms with van der Waals surface area (Å²) in [6.07, 6.45) is 0. The number of rotatable bonds is 3. The number of ketones is 1. The van der Waals surface area contributed by atoms with Crippen LogP contribution in [0.5, 0.6) is 0 Å². The quantitative estimate of drug-likeness (QED) is 0.649. The Morgan fingerprint density at radius 3 is 2.06 bits per heavy atom. The lowest BCUT2D eigenvalue weighted by Crippen LogP contribution is -2.24. The molecule has 0 unspecified atom stereocenters. The summed E-state index contributed by atoms with van der Waals surface area (Å²) in [5.41, 5.74) is 11.7. The fourth-order valence-electron chi connectivity index (χ4n) is 1.72. The van der Waals surface area contributed by atoms with Crippen LogP contribution in [0.4, 0.5) is 0 Å². The fourth-order valence-corrected chi connectivity index (χ4v) is 2.59. The third kappa shape index (κ3) is 2.57. The molecule has 2 aromatic rings. The molecule has 0 aliphatic carbocycles. The molecule has 0 aliphatic rings. The van der Waals surface area contributed by atoms with Gasteiger partial charge in [0.25, 0.3) is 0 Å². The van der Waals surface area contributed by atoms with E-state index < -0.39 is 7.44 Å². The van der Waals surface area contributed by atoms with E-state index in [0.29, 0.717) is 5.56 Å². The number of carbonyl (C=O) groups excluding carboxylic acids is 1. The highest BCUT2D eigenvalue weighted by Gasteiger charge is 2.21. The maximum Gasteiger partial charge on any atom is 0.236 e. The van der Waals surface area contributed by atoms with E-state index in [9.17, 15) is 9.36 Å². The number of benzene rings is 2. The maximum absolute atomic E-state index is 12.3. The molecule has 0 fully saturated rings. The zero-order valence-electron chi connectivity index (χ0n) is 9.61. The molecular formula is C13H13N2O2P. The van der Waals surface area contributed by atoms with Gasteiger partial charge in [-0.2, -0.15) is 0 Å². The molecule has 4 N–H and O–H groups in total. The summed E-state index contributed by atoms with van der Waals surface area (Å²) < 4.78 is 11.8. The summed E-state index contributed by atoms with van der Waals surface area (Å²) in [7, 11) is -3.45. The minimum atomic E-state index is -3.45. The van der Waals surface area contributed by atoms with Crippen molar-refractivity contribution in [2.75, 3.05) is 0 Å². The van der Waals surface area contributed by atoms with Crippen molar-refractivity contribution in [3.63, 3.8) is 0 Å². The molecule has 0 atom stereocenters. The van der Waals surface area contributed by atoms with E-state index in [1.54, 1.807) is 42.5 Å². The molecule has 0 aromatic heterocycles. The summed E-state index contributed by atoms with van der Waals surface area (Å²) in [5, 5.41) is 0.207. The van der Waals surface area contributed by atoms with Gasteiger partial charge < -0.3 is 0 Å². The van der Waals surface area contributed by atoms with Gasteiger partial charge in [0.2, 0.25) is 7.44 Å². The Hall–Kier alpha value is -1.74. The highest BCUT2D eigenvalue weighted by molar-refractivity contribution is 7.67. The first-order chi connectivity index (χ1) is 8.50. The van der Waals surface area contributed by atoms with Crippen LogP contribution in [0, 0.1) is 0 Å². The molecule has 92 valence electrons. The molecule has 0 heterocycles. The highest BCUT2D eigenvalue weighted by atomic mass is 31.2. The van der Waals surface area contributed by atoms with Crippen LogP contribution in [0.1, 0.15) is 15.9 Å². The molecule has 0 bridgehead atoms. The van der Waals surface area contributed by atoms with Crippen LogP contribution in [-0.2, 0) is 4.57 Å². The van der Waals surface area contributed by atoms with Gasteiger partial charge in [0.05, 0.1) is 5.30 Å². The predicted molar refractivity (Wildman–Crippen MR) is 71.9 cm³/mol. The zero-order valence-corrected chi connectivity index (χ0v) is 10.5. The van der Waals surface area contributed by atoms with E-state index in [0.717, 1.165) is 0 Å². The Bertz CT molecular complexity index is 620. The van der Waals surface area contributed by atoms with Gasteiger partial charge in [0, 0.05) is 11.1 Å². The van der Waals surface area contributed by atoms with Crippen LogP contribution < -0.4 is 16.3 Å². The first kappa shape index (κ1) is 12.7. The monoisotopic (exact) mass is 260 g/mol. The molecule has 0 aliphatic heterocycles. The molecule has 0 saturated carbocycles. The van der Waals surface area contributed by atoms with Gasteiger partial charge in [0.15, 0.2) is 5.78 Å². The van der Waals surface area contributed by atoms with E-state index in [1.807, 2.05) is 6.07 Å². The van der Waals surface area contributed by atoms with E-state index in [-0.39, 0.29) is 16.7 Å². The predicted octanol–water partition coefficient (Wildman–Crippen LogP) is 1.65. The highest BCUT2D eigenvalue weighted by Crippen LogP contribution is 2.26. The van der Waals surface area contributed by atoms with E-state index in [1.165, 1.54) is 6.07 Å². The van der Waals surface area contributed by atoms with Gasteiger partial charge in [-0.15, -0.1) is 0 Å². The zero-order chi connectivity index (χ0) is 13.2. The first-order valence-electron chi connectivity index (χ1n) is 5.36. The minimum absolute atomic E-state index is 0.207. The van der Waals surface area contributed by atoms with Crippen molar-refractivity contribution in [3.8, 4) is 0 Å². The van der Waals surface area contributed by atoms with Gasteiger partial charge in [-0.1, -0.05) is 48.5 Å². The van der Waals surface area contributed by atoms with Crippen LogP contribution in [0.2, 0.25) is 0 Å². The third-order valence-electron chi connectivity index (χ3n) is 2.56. The Morgan fingerprint density at radius 1 is 0.889 bits per heavy atom. The normalized spacial score (nSPS) is 11.2. The number of hydrogen-bond acceptors (Lipinski definition) is 2. The average molecular weight is 260 g/mol. The molecule has 2 rings (SSSR count). The van der Waals surface area contributed by atoms with Crippen LogP contribution in [-0.4, -0.2) is 5.78 Å². The van der Waals surface area contributed by atoms with Crippen molar-refractivity contribution in [2.24, 2.45) is 11.0 Å². The second kappa shape index (κ2) is 4.86.